The van der Waals surface area contributed by atoms with Crippen LogP contribution in [0, 0.1) is 0 Å². The molecule has 2 rings (SSSR count). The van der Waals surface area contributed by atoms with Crippen molar-refractivity contribution in [3.8, 4) is 5.75 Å². The van der Waals surface area contributed by atoms with E-state index in [1.165, 1.54) is 13.2 Å². The Bertz CT molecular complexity index is 665. The molecular weight excluding hydrogens is 282 g/mol. The number of benzene rings is 2. The molecule has 0 aliphatic rings. The van der Waals surface area contributed by atoms with Crippen molar-refractivity contribution in [2.24, 2.45) is 0 Å². The van der Waals surface area contributed by atoms with Gasteiger partial charge in [-0.15, -0.1) is 0 Å². The minimum Gasteiger partial charge on any atom is -0.497 e. The van der Waals surface area contributed by atoms with Gasteiger partial charge in [0.15, 0.2) is 0 Å². The monoisotopic (exact) mass is 299 g/mol. The average Bonchev–Trinajstić information content (AvgIpc) is 2.59. The molecular formula is C17H17NO4. The molecule has 1 N–H and O–H groups in total. The smallest absolute Gasteiger partial charge is 0.337 e. The zero-order chi connectivity index (χ0) is 15.9. The van der Waals surface area contributed by atoms with Crippen LogP contribution in [-0.4, -0.2) is 26.1 Å². The van der Waals surface area contributed by atoms with Crippen LogP contribution in [0.1, 0.15) is 26.3 Å². The number of amides is 1. The van der Waals surface area contributed by atoms with Gasteiger partial charge in [-0.3, -0.25) is 4.79 Å². The number of nitrogens with one attached hydrogen (secondary N) is 1. The van der Waals surface area contributed by atoms with Gasteiger partial charge in [0.2, 0.25) is 0 Å². The van der Waals surface area contributed by atoms with Crippen molar-refractivity contribution in [1.82, 2.24) is 5.32 Å². The van der Waals surface area contributed by atoms with E-state index in [0.717, 1.165) is 11.3 Å². The summed E-state index contributed by atoms with van der Waals surface area (Å²) in [5.41, 5.74) is 1.72. The first-order valence-corrected chi connectivity index (χ1v) is 6.73. The maximum atomic E-state index is 12.1. The molecule has 22 heavy (non-hydrogen) atoms. The second kappa shape index (κ2) is 7.26. The Hall–Kier alpha value is -2.82. The molecule has 0 saturated carbocycles. The molecule has 1 amide bonds. The number of esters is 1. The Morgan fingerprint density at radius 2 is 1.68 bits per heavy atom. The lowest BCUT2D eigenvalue weighted by atomic mass is 10.1. The van der Waals surface area contributed by atoms with Gasteiger partial charge in [0.05, 0.1) is 19.8 Å². The first-order chi connectivity index (χ1) is 10.6. The molecule has 0 spiro atoms. The van der Waals surface area contributed by atoms with Crippen LogP contribution >= 0.6 is 0 Å². The van der Waals surface area contributed by atoms with Crippen molar-refractivity contribution in [1.29, 1.82) is 0 Å². The molecule has 0 atom stereocenters. The van der Waals surface area contributed by atoms with Crippen molar-refractivity contribution in [2.45, 2.75) is 6.54 Å². The molecule has 0 radical (unpaired) electrons. The van der Waals surface area contributed by atoms with Crippen LogP contribution in [-0.2, 0) is 11.3 Å². The van der Waals surface area contributed by atoms with Crippen LogP contribution in [0.2, 0.25) is 0 Å². The van der Waals surface area contributed by atoms with E-state index in [1.807, 2.05) is 24.3 Å². The van der Waals surface area contributed by atoms with Crippen LogP contribution in [0.5, 0.6) is 5.75 Å². The standard InChI is InChI=1S/C17H17NO4/c1-21-15-8-6-12(7-9-15)11-18-16(19)13-4-3-5-14(10-13)17(20)22-2/h3-10H,11H2,1-2H3,(H,18,19). The second-order valence-electron chi connectivity index (χ2n) is 4.60. The van der Waals surface area contributed by atoms with Gasteiger partial charge in [-0.25, -0.2) is 4.79 Å². The van der Waals surface area contributed by atoms with Crippen molar-refractivity contribution >= 4 is 11.9 Å². The van der Waals surface area contributed by atoms with Gasteiger partial charge in [0.1, 0.15) is 5.75 Å². The van der Waals surface area contributed by atoms with E-state index in [1.54, 1.807) is 25.3 Å². The summed E-state index contributed by atoms with van der Waals surface area (Å²) in [7, 11) is 2.91. The number of hydrogen-bond donors (Lipinski definition) is 1. The van der Waals surface area contributed by atoms with Gasteiger partial charge >= 0.3 is 5.97 Å². The van der Waals surface area contributed by atoms with Crippen LogP contribution in [0.4, 0.5) is 0 Å². The Balaban J connectivity index is 2.01. The van der Waals surface area contributed by atoms with E-state index in [0.29, 0.717) is 17.7 Å². The third-order valence-electron chi connectivity index (χ3n) is 3.16. The van der Waals surface area contributed by atoms with Gasteiger partial charge in [-0.2, -0.15) is 0 Å². The maximum absolute atomic E-state index is 12.1. The van der Waals surface area contributed by atoms with Gasteiger partial charge in [-0.1, -0.05) is 18.2 Å². The predicted molar refractivity (Wildman–Crippen MR) is 81.9 cm³/mol. The van der Waals surface area contributed by atoms with E-state index in [-0.39, 0.29) is 5.91 Å². The quantitative estimate of drug-likeness (QED) is 0.861. The summed E-state index contributed by atoms with van der Waals surface area (Å²) in [5.74, 6) is 0.0484. The molecule has 0 fully saturated rings. The molecule has 5 nitrogen and oxygen atoms in total. The molecule has 2 aromatic carbocycles. The zero-order valence-electron chi connectivity index (χ0n) is 12.5. The van der Waals surface area contributed by atoms with Crippen molar-refractivity contribution < 1.29 is 19.1 Å². The van der Waals surface area contributed by atoms with Crippen LogP contribution in [0.25, 0.3) is 0 Å². The SMILES string of the molecule is COC(=O)c1cccc(C(=O)NCc2ccc(OC)cc2)c1. The number of carbonyl (C=O) groups is 2. The Morgan fingerprint density at radius 1 is 1.00 bits per heavy atom. The van der Waals surface area contributed by atoms with E-state index >= 15 is 0 Å². The molecule has 0 aliphatic heterocycles. The third kappa shape index (κ3) is 3.85. The van der Waals surface area contributed by atoms with Crippen LogP contribution in [0.3, 0.4) is 0 Å². The van der Waals surface area contributed by atoms with E-state index in [2.05, 4.69) is 10.1 Å². The fourth-order valence-electron chi connectivity index (χ4n) is 1.93. The summed E-state index contributed by atoms with van der Waals surface area (Å²) < 4.78 is 9.72. The van der Waals surface area contributed by atoms with Crippen LogP contribution in [0.15, 0.2) is 48.5 Å². The van der Waals surface area contributed by atoms with Crippen molar-refractivity contribution in [3.63, 3.8) is 0 Å². The highest BCUT2D eigenvalue weighted by Gasteiger charge is 2.10. The first-order valence-electron chi connectivity index (χ1n) is 6.73. The largest absolute Gasteiger partial charge is 0.497 e. The van der Waals surface area contributed by atoms with Crippen molar-refractivity contribution in [2.75, 3.05) is 14.2 Å². The van der Waals surface area contributed by atoms with Gasteiger partial charge in [0, 0.05) is 12.1 Å². The Kier molecular flexibility index (Phi) is 5.14. The lowest BCUT2D eigenvalue weighted by Crippen LogP contribution is -2.23. The fourth-order valence-corrected chi connectivity index (χ4v) is 1.93. The highest BCUT2D eigenvalue weighted by molar-refractivity contribution is 5.97. The minimum atomic E-state index is -0.468. The number of ether oxygens (including phenoxy) is 2. The molecule has 5 heteroatoms. The molecule has 2 aromatic rings. The number of rotatable bonds is 5. The summed E-state index contributed by atoms with van der Waals surface area (Å²) in [6.45, 7) is 0.394. The lowest BCUT2D eigenvalue weighted by Gasteiger charge is -2.07. The van der Waals surface area contributed by atoms with E-state index < -0.39 is 5.97 Å². The summed E-state index contributed by atoms with van der Waals surface area (Å²) in [6.07, 6.45) is 0. The van der Waals surface area contributed by atoms with Gasteiger partial charge in [0.25, 0.3) is 5.91 Å². The van der Waals surface area contributed by atoms with Crippen LogP contribution < -0.4 is 10.1 Å². The second-order valence-corrected chi connectivity index (χ2v) is 4.60. The minimum absolute atomic E-state index is 0.249. The Morgan fingerprint density at radius 3 is 2.32 bits per heavy atom. The average molecular weight is 299 g/mol. The molecule has 0 aromatic heterocycles. The molecule has 0 saturated heterocycles. The molecule has 0 unspecified atom stereocenters. The number of hydrogen-bond acceptors (Lipinski definition) is 4. The summed E-state index contributed by atoms with van der Waals surface area (Å²) in [6, 6.07) is 13.8. The molecule has 0 aliphatic carbocycles. The normalized spacial score (nSPS) is 9.91. The highest BCUT2D eigenvalue weighted by atomic mass is 16.5. The topological polar surface area (TPSA) is 64.6 Å². The van der Waals surface area contributed by atoms with Gasteiger partial charge < -0.3 is 14.8 Å². The van der Waals surface area contributed by atoms with Crippen molar-refractivity contribution in [3.05, 3.63) is 65.2 Å². The molecule has 0 bridgehead atoms. The summed E-state index contributed by atoms with van der Waals surface area (Å²) in [4.78, 5) is 23.6. The molecule has 0 heterocycles. The highest BCUT2D eigenvalue weighted by Crippen LogP contribution is 2.11. The summed E-state index contributed by atoms with van der Waals surface area (Å²) >= 11 is 0. The molecule has 114 valence electrons. The number of methoxy groups -OCH3 is 2. The fraction of sp³-hybridized carbons (Fsp3) is 0.176. The lowest BCUT2D eigenvalue weighted by molar-refractivity contribution is 0.0600. The van der Waals surface area contributed by atoms with E-state index in [4.69, 9.17) is 4.74 Å². The maximum Gasteiger partial charge on any atom is 0.337 e. The Labute approximate surface area is 128 Å². The van der Waals surface area contributed by atoms with Gasteiger partial charge in [-0.05, 0) is 35.9 Å². The van der Waals surface area contributed by atoms with E-state index in [9.17, 15) is 9.59 Å². The predicted octanol–water partition coefficient (Wildman–Crippen LogP) is 2.41. The zero-order valence-corrected chi connectivity index (χ0v) is 12.5. The number of carbonyl (C=O) groups excluding carboxylic acids is 2. The third-order valence-corrected chi connectivity index (χ3v) is 3.16. The summed E-state index contributed by atoms with van der Waals surface area (Å²) in [5, 5.41) is 2.81. The first kappa shape index (κ1) is 15.6.